The molecule has 0 aromatic carbocycles. The van der Waals surface area contributed by atoms with Crippen LogP contribution < -0.4 is 0 Å². The maximum atomic E-state index is 6.06. The molecule has 0 N–H and O–H groups in total. The molecular weight excluding hydrogens is 326 g/mol. The Bertz CT molecular complexity index is 523. The van der Waals surface area contributed by atoms with Crippen LogP contribution in [0.2, 0.25) is 0 Å². The normalized spacial score (nSPS) is 13.1. The molecular formula is C13H18BrN3OS. The van der Waals surface area contributed by atoms with Crippen molar-refractivity contribution in [3.8, 4) is 0 Å². The van der Waals surface area contributed by atoms with Gasteiger partial charge in [-0.05, 0) is 42.2 Å². The number of ether oxygens (including phenoxy) is 1. The van der Waals surface area contributed by atoms with Gasteiger partial charge in [-0.2, -0.15) is 5.10 Å². The highest BCUT2D eigenvalue weighted by Gasteiger charge is 2.19. The minimum atomic E-state index is -0.0521. The van der Waals surface area contributed by atoms with Gasteiger partial charge in [0.05, 0.1) is 12.3 Å². The highest BCUT2D eigenvalue weighted by molar-refractivity contribution is 9.10. The second-order valence-electron chi connectivity index (χ2n) is 4.60. The van der Waals surface area contributed by atoms with Crippen LogP contribution in [0.1, 0.15) is 16.7 Å². The molecule has 2 rings (SSSR count). The fourth-order valence-corrected chi connectivity index (χ4v) is 3.28. The van der Waals surface area contributed by atoms with Crippen molar-refractivity contribution < 1.29 is 4.74 Å². The molecule has 0 saturated heterocycles. The summed E-state index contributed by atoms with van der Waals surface area (Å²) < 4.78 is 9.03. The van der Waals surface area contributed by atoms with Crippen molar-refractivity contribution in [1.82, 2.24) is 14.7 Å². The Morgan fingerprint density at radius 3 is 2.84 bits per heavy atom. The summed E-state index contributed by atoms with van der Waals surface area (Å²) in [4.78, 5) is 3.30. The molecule has 0 saturated carbocycles. The van der Waals surface area contributed by atoms with Gasteiger partial charge in [0.15, 0.2) is 0 Å². The number of rotatable bonds is 6. The van der Waals surface area contributed by atoms with Crippen LogP contribution in [0.3, 0.4) is 0 Å². The fourth-order valence-electron chi connectivity index (χ4n) is 1.77. The Balaban J connectivity index is 2.16. The number of hydrogen-bond acceptors (Lipinski definition) is 4. The van der Waals surface area contributed by atoms with E-state index in [9.17, 15) is 0 Å². The molecule has 2 aromatic heterocycles. The number of nitrogens with zero attached hydrogens (tertiary/aromatic N) is 3. The molecule has 1 atom stereocenters. The molecule has 0 aliphatic carbocycles. The zero-order valence-electron chi connectivity index (χ0n) is 11.3. The monoisotopic (exact) mass is 343 g/mol. The lowest BCUT2D eigenvalue weighted by Crippen LogP contribution is -2.20. The van der Waals surface area contributed by atoms with E-state index in [1.54, 1.807) is 17.5 Å². The minimum Gasteiger partial charge on any atom is -0.365 e. The van der Waals surface area contributed by atoms with E-state index in [0.717, 1.165) is 16.7 Å². The van der Waals surface area contributed by atoms with E-state index in [0.29, 0.717) is 6.61 Å². The van der Waals surface area contributed by atoms with Crippen LogP contribution in [-0.4, -0.2) is 41.9 Å². The van der Waals surface area contributed by atoms with E-state index in [2.05, 4.69) is 37.4 Å². The lowest BCUT2D eigenvalue weighted by molar-refractivity contribution is 0.0659. The first-order chi connectivity index (χ1) is 9.08. The van der Waals surface area contributed by atoms with Gasteiger partial charge in [-0.3, -0.25) is 4.68 Å². The first-order valence-electron chi connectivity index (χ1n) is 6.06. The van der Waals surface area contributed by atoms with Crippen LogP contribution in [-0.2, 0) is 11.8 Å². The van der Waals surface area contributed by atoms with E-state index in [-0.39, 0.29) is 6.10 Å². The number of aromatic nitrogens is 2. The largest absolute Gasteiger partial charge is 0.365 e. The molecule has 0 fully saturated rings. The van der Waals surface area contributed by atoms with E-state index >= 15 is 0 Å². The molecule has 0 bridgehead atoms. The Morgan fingerprint density at radius 1 is 1.53 bits per heavy atom. The maximum Gasteiger partial charge on any atom is 0.133 e. The van der Waals surface area contributed by atoms with Gasteiger partial charge in [-0.1, -0.05) is 0 Å². The Morgan fingerprint density at radius 2 is 2.32 bits per heavy atom. The second-order valence-corrected chi connectivity index (χ2v) is 6.46. The smallest absolute Gasteiger partial charge is 0.133 e. The van der Waals surface area contributed by atoms with Gasteiger partial charge in [0.2, 0.25) is 0 Å². The Labute approximate surface area is 126 Å². The van der Waals surface area contributed by atoms with Gasteiger partial charge < -0.3 is 9.64 Å². The van der Waals surface area contributed by atoms with E-state index < -0.39 is 0 Å². The number of halogens is 1. The lowest BCUT2D eigenvalue weighted by Gasteiger charge is -2.18. The first-order valence-corrected chi connectivity index (χ1v) is 7.73. The molecule has 0 radical (unpaired) electrons. The molecule has 0 aliphatic rings. The summed E-state index contributed by atoms with van der Waals surface area (Å²) >= 11 is 5.19. The second kappa shape index (κ2) is 6.65. The van der Waals surface area contributed by atoms with E-state index in [1.807, 2.05) is 31.9 Å². The zero-order chi connectivity index (χ0) is 13.8. The average Bonchev–Trinajstić information content (AvgIpc) is 2.94. The molecule has 2 heterocycles. The summed E-state index contributed by atoms with van der Waals surface area (Å²) in [5.74, 6) is 0. The molecule has 0 amide bonds. The SMILES string of the molecule is CN(C)CCOC(c1cc(Br)cs1)c1ccnn1C. The summed E-state index contributed by atoms with van der Waals surface area (Å²) in [5, 5.41) is 6.31. The van der Waals surface area contributed by atoms with Crippen molar-refractivity contribution in [3.63, 3.8) is 0 Å². The summed E-state index contributed by atoms with van der Waals surface area (Å²) in [6.07, 6.45) is 1.75. The average molecular weight is 344 g/mol. The summed E-state index contributed by atoms with van der Waals surface area (Å²) in [7, 11) is 6.04. The topological polar surface area (TPSA) is 30.3 Å². The van der Waals surface area contributed by atoms with Crippen molar-refractivity contribution in [2.45, 2.75) is 6.10 Å². The van der Waals surface area contributed by atoms with Gasteiger partial charge in [0.1, 0.15) is 6.10 Å². The van der Waals surface area contributed by atoms with Crippen molar-refractivity contribution in [2.75, 3.05) is 27.2 Å². The quantitative estimate of drug-likeness (QED) is 0.807. The van der Waals surface area contributed by atoms with Crippen LogP contribution in [0.4, 0.5) is 0 Å². The Hall–Kier alpha value is -0.690. The molecule has 6 heteroatoms. The van der Waals surface area contributed by atoms with Crippen LogP contribution >= 0.6 is 27.3 Å². The van der Waals surface area contributed by atoms with Crippen molar-refractivity contribution in [1.29, 1.82) is 0 Å². The third-order valence-corrected chi connectivity index (χ3v) is 4.53. The summed E-state index contributed by atoms with van der Waals surface area (Å²) in [6, 6.07) is 4.12. The van der Waals surface area contributed by atoms with Crippen molar-refractivity contribution >= 4 is 27.3 Å². The third-order valence-electron chi connectivity index (χ3n) is 2.80. The van der Waals surface area contributed by atoms with Crippen LogP contribution in [0.15, 0.2) is 28.2 Å². The molecule has 0 spiro atoms. The fraction of sp³-hybridized carbons (Fsp3) is 0.462. The standard InChI is InChI=1S/C13H18BrN3OS/c1-16(2)6-7-18-13(11-4-5-15-17(11)3)12-8-10(14)9-19-12/h4-5,8-9,13H,6-7H2,1-3H3. The molecule has 1 unspecified atom stereocenters. The molecule has 104 valence electrons. The predicted molar refractivity (Wildman–Crippen MR) is 81.6 cm³/mol. The zero-order valence-corrected chi connectivity index (χ0v) is 13.7. The summed E-state index contributed by atoms with van der Waals surface area (Å²) in [5.41, 5.74) is 1.08. The summed E-state index contributed by atoms with van der Waals surface area (Å²) in [6.45, 7) is 1.60. The van der Waals surface area contributed by atoms with Crippen LogP contribution in [0, 0.1) is 0 Å². The van der Waals surface area contributed by atoms with Gasteiger partial charge in [0.25, 0.3) is 0 Å². The number of hydrogen-bond donors (Lipinski definition) is 0. The van der Waals surface area contributed by atoms with E-state index in [4.69, 9.17) is 4.74 Å². The number of likely N-dealkylation sites (N-methyl/N-ethyl adjacent to an activating group) is 1. The predicted octanol–water partition coefficient (Wildman–Crippen LogP) is 2.91. The molecule has 19 heavy (non-hydrogen) atoms. The van der Waals surface area contributed by atoms with Gasteiger partial charge in [-0.25, -0.2) is 0 Å². The van der Waals surface area contributed by atoms with E-state index in [1.165, 1.54) is 4.88 Å². The van der Waals surface area contributed by atoms with Crippen LogP contribution in [0.5, 0.6) is 0 Å². The molecule has 4 nitrogen and oxygen atoms in total. The minimum absolute atomic E-state index is 0.0521. The third kappa shape index (κ3) is 3.89. The maximum absolute atomic E-state index is 6.06. The van der Waals surface area contributed by atoms with Gasteiger partial charge in [-0.15, -0.1) is 11.3 Å². The lowest BCUT2D eigenvalue weighted by atomic mass is 10.2. The van der Waals surface area contributed by atoms with Crippen molar-refractivity contribution in [2.24, 2.45) is 7.05 Å². The van der Waals surface area contributed by atoms with Gasteiger partial charge >= 0.3 is 0 Å². The highest BCUT2D eigenvalue weighted by Crippen LogP contribution is 2.32. The Kier molecular flexibility index (Phi) is 5.15. The molecule has 2 aromatic rings. The van der Waals surface area contributed by atoms with Crippen LogP contribution in [0.25, 0.3) is 0 Å². The van der Waals surface area contributed by atoms with Crippen molar-refractivity contribution in [3.05, 3.63) is 38.8 Å². The number of thiophene rings is 1. The first kappa shape index (κ1) is 14.7. The molecule has 0 aliphatic heterocycles. The number of aryl methyl sites for hydroxylation is 1. The van der Waals surface area contributed by atoms with Gasteiger partial charge in [0, 0.05) is 34.5 Å². The highest BCUT2D eigenvalue weighted by atomic mass is 79.9.